The zero-order valence-corrected chi connectivity index (χ0v) is 17.6. The van der Waals surface area contributed by atoms with E-state index in [1.54, 1.807) is 6.08 Å². The van der Waals surface area contributed by atoms with Crippen LogP contribution in [0.15, 0.2) is 12.2 Å². The molecule has 0 aromatic rings. The van der Waals surface area contributed by atoms with Crippen LogP contribution in [0.5, 0.6) is 0 Å². The predicted octanol–water partition coefficient (Wildman–Crippen LogP) is 5.71. The number of hydrogen-bond acceptors (Lipinski definition) is 3. The molecule has 0 amide bonds. The van der Waals surface area contributed by atoms with Gasteiger partial charge in [0.15, 0.2) is 8.32 Å². The summed E-state index contributed by atoms with van der Waals surface area (Å²) < 4.78 is 11.6. The second kappa shape index (κ2) is 10.3. The number of unbranched alkanes of at least 4 members (excludes halogenated alkanes) is 2. The number of esters is 1. The van der Waals surface area contributed by atoms with Gasteiger partial charge in [-0.05, 0) is 37.4 Å². The molecule has 0 fully saturated rings. The topological polar surface area (TPSA) is 35.5 Å². The lowest BCUT2D eigenvalue weighted by Crippen LogP contribution is -2.45. The van der Waals surface area contributed by atoms with Crippen molar-refractivity contribution in [3.8, 4) is 0 Å². The summed E-state index contributed by atoms with van der Waals surface area (Å²) in [5.41, 5.74) is 0. The number of ether oxygens (including phenoxy) is 1. The van der Waals surface area contributed by atoms with Crippen LogP contribution >= 0.6 is 0 Å². The molecule has 23 heavy (non-hydrogen) atoms. The minimum absolute atomic E-state index is 0.174. The number of rotatable bonds is 10. The maximum Gasteiger partial charge on any atom is 0.330 e. The predicted molar refractivity (Wildman–Crippen MR) is 101 cm³/mol. The van der Waals surface area contributed by atoms with Gasteiger partial charge in [-0.3, -0.25) is 0 Å². The van der Waals surface area contributed by atoms with Crippen molar-refractivity contribution >= 4 is 14.3 Å². The lowest BCUT2D eigenvalue weighted by molar-refractivity contribution is -0.137. The summed E-state index contributed by atoms with van der Waals surface area (Å²) in [7, 11) is -1.81. The van der Waals surface area contributed by atoms with Crippen LogP contribution in [0.4, 0.5) is 0 Å². The molecule has 0 aliphatic heterocycles. The maximum absolute atomic E-state index is 11.5. The Kier molecular flexibility index (Phi) is 10.0. The van der Waals surface area contributed by atoms with Crippen LogP contribution in [0.3, 0.4) is 0 Å². The van der Waals surface area contributed by atoms with Crippen LogP contribution in [0.25, 0.3) is 0 Å². The summed E-state index contributed by atoms with van der Waals surface area (Å²) >= 11 is 0. The van der Waals surface area contributed by atoms with Crippen LogP contribution in [-0.2, 0) is 14.0 Å². The van der Waals surface area contributed by atoms with E-state index in [0.29, 0.717) is 6.61 Å². The Morgan fingerprint density at radius 1 is 1.17 bits per heavy atom. The Labute approximate surface area is 145 Å². The molecule has 0 aromatic heterocycles. The highest BCUT2D eigenvalue weighted by Crippen LogP contribution is 2.38. The monoisotopic (exact) mass is 342 g/mol. The molecule has 0 saturated carbocycles. The molecule has 0 N–H and O–H groups in total. The lowest BCUT2D eigenvalue weighted by atomic mass is 9.99. The van der Waals surface area contributed by atoms with E-state index in [1.165, 1.54) is 19.3 Å². The van der Waals surface area contributed by atoms with E-state index in [4.69, 9.17) is 9.16 Å². The molecule has 0 bridgehead atoms. The normalized spacial score (nSPS) is 15.7. The molecule has 4 heteroatoms. The highest BCUT2D eigenvalue weighted by atomic mass is 28.4. The molecule has 0 aliphatic rings. The molecule has 0 rings (SSSR count). The fraction of sp³-hybridized carbons (Fsp3) is 0.842. The van der Waals surface area contributed by atoms with Crippen LogP contribution < -0.4 is 0 Å². The molecule has 136 valence electrons. The highest BCUT2D eigenvalue weighted by molar-refractivity contribution is 6.74. The van der Waals surface area contributed by atoms with E-state index in [0.717, 1.165) is 6.42 Å². The molecule has 0 unspecified atom stereocenters. The third-order valence-corrected chi connectivity index (χ3v) is 9.26. The summed E-state index contributed by atoms with van der Waals surface area (Å²) in [6, 6.07) is 0. The molecule has 3 nitrogen and oxygen atoms in total. The minimum Gasteiger partial charge on any atom is -0.463 e. The van der Waals surface area contributed by atoms with Crippen molar-refractivity contribution in [2.75, 3.05) is 6.61 Å². The summed E-state index contributed by atoms with van der Waals surface area (Å²) in [6.45, 7) is 18.0. The molecule has 0 aliphatic carbocycles. The Hall–Kier alpha value is -0.613. The van der Waals surface area contributed by atoms with E-state index in [1.807, 2.05) is 13.0 Å². The first-order valence-electron chi connectivity index (χ1n) is 9.08. The molecule has 2 atom stereocenters. The summed E-state index contributed by atoms with van der Waals surface area (Å²) in [5, 5.41) is 0.195. The first-order chi connectivity index (χ1) is 10.5. The van der Waals surface area contributed by atoms with Crippen molar-refractivity contribution in [2.24, 2.45) is 5.92 Å². The Morgan fingerprint density at radius 3 is 2.26 bits per heavy atom. The van der Waals surface area contributed by atoms with Gasteiger partial charge in [0.05, 0.1) is 12.7 Å². The van der Waals surface area contributed by atoms with Gasteiger partial charge in [0.25, 0.3) is 0 Å². The Balaban J connectivity index is 4.95. The van der Waals surface area contributed by atoms with Crippen LogP contribution in [0, 0.1) is 5.92 Å². The largest absolute Gasteiger partial charge is 0.463 e. The Bertz CT molecular complexity index is 369. The zero-order chi connectivity index (χ0) is 18.1. The summed E-state index contributed by atoms with van der Waals surface area (Å²) in [5.74, 6) is -0.0515. The number of carbonyl (C=O) groups excluding carboxylic acids is 1. The van der Waals surface area contributed by atoms with Crippen molar-refractivity contribution in [3.05, 3.63) is 12.2 Å². The molecule has 0 aromatic carbocycles. The van der Waals surface area contributed by atoms with Crippen LogP contribution in [0.1, 0.15) is 67.2 Å². The van der Waals surface area contributed by atoms with Gasteiger partial charge in [-0.25, -0.2) is 4.79 Å². The SMILES string of the molecule is CCCCC[C@@H](O[Si](C)(C)C(C)(C)C)[C@H](C)/C=C/C(=O)OCC. The molecular weight excluding hydrogens is 304 g/mol. The van der Waals surface area contributed by atoms with Gasteiger partial charge in [0, 0.05) is 6.08 Å². The van der Waals surface area contributed by atoms with Crippen molar-refractivity contribution < 1.29 is 14.0 Å². The third kappa shape index (κ3) is 8.71. The highest BCUT2D eigenvalue weighted by Gasteiger charge is 2.39. The molecule has 0 radical (unpaired) electrons. The van der Waals surface area contributed by atoms with Crippen molar-refractivity contribution in [1.82, 2.24) is 0 Å². The second-order valence-corrected chi connectivity index (χ2v) is 12.6. The van der Waals surface area contributed by atoms with Gasteiger partial charge in [-0.15, -0.1) is 0 Å². The standard InChI is InChI=1S/C19H38O3Si/c1-9-11-12-13-17(22-23(7,8)19(4,5)6)16(3)14-15-18(20)21-10-2/h14-17H,9-13H2,1-8H3/b15-14+/t16-,17-/m1/s1. The molecule has 0 saturated heterocycles. The fourth-order valence-corrected chi connectivity index (χ4v) is 3.57. The fourth-order valence-electron chi connectivity index (χ4n) is 2.12. The first kappa shape index (κ1) is 22.4. The van der Waals surface area contributed by atoms with Crippen LogP contribution in [0.2, 0.25) is 18.1 Å². The van der Waals surface area contributed by atoms with Crippen LogP contribution in [-0.4, -0.2) is 27.0 Å². The van der Waals surface area contributed by atoms with Gasteiger partial charge in [0.1, 0.15) is 0 Å². The van der Waals surface area contributed by atoms with Crippen molar-refractivity contribution in [2.45, 2.75) is 91.5 Å². The van der Waals surface area contributed by atoms with Gasteiger partial charge in [-0.2, -0.15) is 0 Å². The smallest absolute Gasteiger partial charge is 0.330 e. The molecule has 0 spiro atoms. The van der Waals surface area contributed by atoms with E-state index in [2.05, 4.69) is 47.7 Å². The van der Waals surface area contributed by atoms with Gasteiger partial charge in [-0.1, -0.05) is 60.0 Å². The van der Waals surface area contributed by atoms with Gasteiger partial charge in [0.2, 0.25) is 0 Å². The van der Waals surface area contributed by atoms with Crippen molar-refractivity contribution in [3.63, 3.8) is 0 Å². The van der Waals surface area contributed by atoms with E-state index in [-0.39, 0.29) is 23.0 Å². The second-order valence-electron chi connectivity index (χ2n) is 7.88. The number of hydrogen-bond donors (Lipinski definition) is 0. The first-order valence-corrected chi connectivity index (χ1v) is 12.0. The lowest BCUT2D eigenvalue weighted by Gasteiger charge is -2.40. The minimum atomic E-state index is -1.81. The van der Waals surface area contributed by atoms with E-state index >= 15 is 0 Å². The average Bonchev–Trinajstić information content (AvgIpc) is 2.43. The Morgan fingerprint density at radius 2 is 1.78 bits per heavy atom. The summed E-state index contributed by atoms with van der Waals surface area (Å²) in [4.78, 5) is 11.5. The van der Waals surface area contributed by atoms with E-state index in [9.17, 15) is 4.79 Å². The number of carbonyl (C=O) groups is 1. The van der Waals surface area contributed by atoms with Crippen molar-refractivity contribution in [1.29, 1.82) is 0 Å². The maximum atomic E-state index is 11.5. The average molecular weight is 343 g/mol. The van der Waals surface area contributed by atoms with E-state index < -0.39 is 8.32 Å². The summed E-state index contributed by atoms with van der Waals surface area (Å²) in [6.07, 6.45) is 8.33. The van der Waals surface area contributed by atoms with Gasteiger partial charge >= 0.3 is 5.97 Å². The third-order valence-electron chi connectivity index (χ3n) is 4.75. The van der Waals surface area contributed by atoms with Gasteiger partial charge < -0.3 is 9.16 Å². The molecule has 0 heterocycles. The zero-order valence-electron chi connectivity index (χ0n) is 16.6. The molecular formula is C19H38O3Si. The quantitative estimate of drug-likeness (QED) is 0.221.